The summed E-state index contributed by atoms with van der Waals surface area (Å²) in [5.74, 6) is -0.171. The van der Waals surface area contributed by atoms with Crippen LogP contribution in [0.2, 0.25) is 5.02 Å². The van der Waals surface area contributed by atoms with Crippen LogP contribution in [-0.2, 0) is 17.5 Å². The van der Waals surface area contributed by atoms with Crippen LogP contribution in [0.5, 0.6) is 0 Å². The molecule has 12 heteroatoms. The van der Waals surface area contributed by atoms with Crippen molar-refractivity contribution in [1.82, 2.24) is 14.5 Å². The number of benzene rings is 1. The van der Waals surface area contributed by atoms with Gasteiger partial charge in [0.2, 0.25) is 5.91 Å². The lowest BCUT2D eigenvalue weighted by atomic mass is 10.0. The molecule has 3 aromatic rings. The highest BCUT2D eigenvalue weighted by molar-refractivity contribution is 7.22. The number of hydrogen-bond donors (Lipinski definition) is 1. The van der Waals surface area contributed by atoms with Crippen LogP contribution in [0.3, 0.4) is 0 Å². The molecule has 0 bridgehead atoms. The summed E-state index contributed by atoms with van der Waals surface area (Å²) in [6, 6.07) is 2.63. The molecule has 1 amide bonds. The summed E-state index contributed by atoms with van der Waals surface area (Å²) >= 11 is 7.14. The zero-order chi connectivity index (χ0) is 23.0. The second-order valence-electron chi connectivity index (χ2n) is 7.76. The molecule has 0 radical (unpaired) electrons. The molecule has 0 aliphatic carbocycles. The first-order chi connectivity index (χ1) is 15.1. The Balaban J connectivity index is 1.54. The SMILES string of the molecule is C[C@H]1CCCN(c2nc3ncn(CC(=O)Nc4cc(C(F)(F)F)ccc4Cl)c(=O)c3s2)C1. The van der Waals surface area contributed by atoms with E-state index in [2.05, 4.69) is 27.1 Å². The number of rotatable bonds is 4. The Bertz CT molecular complexity index is 1230. The third-order valence-electron chi connectivity index (χ3n) is 5.18. The van der Waals surface area contributed by atoms with Gasteiger partial charge in [-0.2, -0.15) is 18.2 Å². The van der Waals surface area contributed by atoms with Gasteiger partial charge in [-0.05, 0) is 37.0 Å². The smallest absolute Gasteiger partial charge is 0.348 e. The zero-order valence-electron chi connectivity index (χ0n) is 16.9. The number of fused-ring (bicyclic) bond motifs is 1. The average molecular weight is 486 g/mol. The molecule has 2 aromatic heterocycles. The highest BCUT2D eigenvalue weighted by Gasteiger charge is 2.31. The second-order valence-corrected chi connectivity index (χ2v) is 9.15. The maximum absolute atomic E-state index is 12.9. The Morgan fingerprint density at radius 1 is 1.38 bits per heavy atom. The van der Waals surface area contributed by atoms with Gasteiger partial charge in [0.15, 0.2) is 10.8 Å². The largest absolute Gasteiger partial charge is 0.416 e. The molecule has 0 unspecified atom stereocenters. The fourth-order valence-electron chi connectivity index (χ4n) is 3.59. The molecule has 7 nitrogen and oxygen atoms in total. The zero-order valence-corrected chi connectivity index (χ0v) is 18.5. The standard InChI is InChI=1S/C20H19ClF3N5O2S/c1-11-3-2-6-28(8-11)19-27-17-16(32-19)18(31)29(10-25-17)9-15(30)26-14-7-12(20(22,23)24)4-5-13(14)21/h4-5,7,10-11H,2-3,6,8-9H2,1H3,(H,26,30)/t11-/m0/s1. The third kappa shape index (κ3) is 4.73. The van der Waals surface area contributed by atoms with Gasteiger partial charge in [0.1, 0.15) is 17.6 Å². The molecule has 4 rings (SSSR count). The van der Waals surface area contributed by atoms with Gasteiger partial charge in [-0.1, -0.05) is 29.9 Å². The topological polar surface area (TPSA) is 80.1 Å². The number of amides is 1. The van der Waals surface area contributed by atoms with Crippen LogP contribution < -0.4 is 15.8 Å². The van der Waals surface area contributed by atoms with Gasteiger partial charge in [0, 0.05) is 13.1 Å². The molecule has 1 saturated heterocycles. The molecule has 32 heavy (non-hydrogen) atoms. The van der Waals surface area contributed by atoms with Crippen LogP contribution in [0.15, 0.2) is 29.3 Å². The number of piperidine rings is 1. The van der Waals surface area contributed by atoms with E-state index in [4.69, 9.17) is 11.6 Å². The fourth-order valence-corrected chi connectivity index (χ4v) is 4.76. The summed E-state index contributed by atoms with van der Waals surface area (Å²) in [4.78, 5) is 36.0. The van der Waals surface area contributed by atoms with E-state index in [1.165, 1.54) is 17.7 Å². The number of hydrogen-bond acceptors (Lipinski definition) is 6. The molecular weight excluding hydrogens is 467 g/mol. The number of carbonyl (C=O) groups excluding carboxylic acids is 1. The van der Waals surface area contributed by atoms with Crippen molar-refractivity contribution in [3.05, 3.63) is 45.5 Å². The summed E-state index contributed by atoms with van der Waals surface area (Å²) in [7, 11) is 0. The summed E-state index contributed by atoms with van der Waals surface area (Å²) in [6.07, 6.45) is -1.17. The van der Waals surface area contributed by atoms with Crippen LogP contribution in [0.25, 0.3) is 10.3 Å². The van der Waals surface area contributed by atoms with E-state index in [0.717, 1.165) is 48.7 Å². The van der Waals surface area contributed by atoms with Crippen LogP contribution in [0.1, 0.15) is 25.3 Å². The molecule has 170 valence electrons. The van der Waals surface area contributed by atoms with Crippen LogP contribution in [0.4, 0.5) is 24.0 Å². The number of aromatic nitrogens is 3. The van der Waals surface area contributed by atoms with Crippen molar-refractivity contribution in [2.75, 3.05) is 23.3 Å². The molecule has 1 fully saturated rings. The average Bonchev–Trinajstić information content (AvgIpc) is 3.16. The van der Waals surface area contributed by atoms with E-state index in [0.29, 0.717) is 21.4 Å². The first-order valence-corrected chi connectivity index (χ1v) is 11.1. The van der Waals surface area contributed by atoms with Gasteiger partial charge in [-0.3, -0.25) is 14.2 Å². The molecule has 3 heterocycles. The van der Waals surface area contributed by atoms with E-state index in [1.54, 1.807) is 0 Å². The predicted octanol–water partition coefficient (Wildman–Crippen LogP) is 4.40. The Labute approximate surface area is 189 Å². The number of nitrogens with zero attached hydrogens (tertiary/aromatic N) is 4. The number of nitrogens with one attached hydrogen (secondary N) is 1. The Morgan fingerprint density at radius 2 is 2.16 bits per heavy atom. The summed E-state index contributed by atoms with van der Waals surface area (Å²) in [6.45, 7) is 3.45. The van der Waals surface area contributed by atoms with Crippen molar-refractivity contribution in [2.24, 2.45) is 5.92 Å². The van der Waals surface area contributed by atoms with Crippen molar-refractivity contribution < 1.29 is 18.0 Å². The van der Waals surface area contributed by atoms with Crippen LogP contribution in [-0.4, -0.2) is 33.5 Å². The van der Waals surface area contributed by atoms with Crippen LogP contribution >= 0.6 is 22.9 Å². The number of anilines is 2. The maximum Gasteiger partial charge on any atom is 0.416 e. The van der Waals surface area contributed by atoms with Gasteiger partial charge < -0.3 is 10.2 Å². The summed E-state index contributed by atoms with van der Waals surface area (Å²) in [5.41, 5.74) is -1.26. The molecule has 1 N–H and O–H groups in total. The van der Waals surface area contributed by atoms with Gasteiger partial charge >= 0.3 is 6.18 Å². The van der Waals surface area contributed by atoms with Gasteiger partial charge in [-0.15, -0.1) is 0 Å². The fraction of sp³-hybridized carbons (Fsp3) is 0.400. The quantitative estimate of drug-likeness (QED) is 0.592. The van der Waals surface area contributed by atoms with Gasteiger partial charge in [-0.25, -0.2) is 4.98 Å². The highest BCUT2D eigenvalue weighted by Crippen LogP contribution is 2.34. The van der Waals surface area contributed by atoms with Gasteiger partial charge in [0.25, 0.3) is 5.56 Å². The van der Waals surface area contributed by atoms with E-state index in [9.17, 15) is 22.8 Å². The Kier molecular flexibility index (Phi) is 6.13. The molecular formula is C20H19ClF3N5O2S. The molecule has 0 spiro atoms. The molecule has 1 aliphatic heterocycles. The van der Waals surface area contributed by atoms with Crippen molar-refractivity contribution in [1.29, 1.82) is 0 Å². The van der Waals surface area contributed by atoms with E-state index >= 15 is 0 Å². The third-order valence-corrected chi connectivity index (χ3v) is 6.60. The number of halogens is 4. The van der Waals surface area contributed by atoms with Crippen molar-refractivity contribution in [2.45, 2.75) is 32.5 Å². The Hall–Kier alpha value is -2.66. The lowest BCUT2D eigenvalue weighted by molar-refractivity contribution is -0.137. The van der Waals surface area contributed by atoms with E-state index < -0.39 is 29.8 Å². The van der Waals surface area contributed by atoms with E-state index in [1.807, 2.05) is 0 Å². The first-order valence-electron chi connectivity index (χ1n) is 9.89. The molecule has 1 aliphatic rings. The maximum atomic E-state index is 12.9. The lowest BCUT2D eigenvalue weighted by Crippen LogP contribution is -2.34. The molecule has 0 saturated carbocycles. The van der Waals surface area contributed by atoms with Crippen molar-refractivity contribution >= 4 is 50.0 Å². The molecule has 1 aromatic carbocycles. The summed E-state index contributed by atoms with van der Waals surface area (Å²) in [5, 5.41) is 3.00. The minimum Gasteiger partial charge on any atom is -0.348 e. The predicted molar refractivity (Wildman–Crippen MR) is 117 cm³/mol. The van der Waals surface area contributed by atoms with Crippen LogP contribution in [0, 0.1) is 5.92 Å². The number of thiazole rings is 1. The first kappa shape index (κ1) is 22.5. The highest BCUT2D eigenvalue weighted by atomic mass is 35.5. The van der Waals surface area contributed by atoms with E-state index in [-0.39, 0.29) is 10.7 Å². The minimum atomic E-state index is -4.58. The number of alkyl halides is 3. The van der Waals surface area contributed by atoms with Gasteiger partial charge in [0.05, 0.1) is 16.3 Å². The molecule has 1 atom stereocenters. The minimum absolute atomic E-state index is 0.0462. The van der Waals surface area contributed by atoms with Crippen molar-refractivity contribution in [3.63, 3.8) is 0 Å². The summed E-state index contributed by atoms with van der Waals surface area (Å²) < 4.78 is 40.2. The number of carbonyl (C=O) groups is 1. The second kappa shape index (κ2) is 8.70. The monoisotopic (exact) mass is 485 g/mol. The Morgan fingerprint density at radius 3 is 2.88 bits per heavy atom. The lowest BCUT2D eigenvalue weighted by Gasteiger charge is -2.30. The normalized spacial score (nSPS) is 17.0. The van der Waals surface area contributed by atoms with Crippen molar-refractivity contribution in [3.8, 4) is 0 Å².